The highest BCUT2D eigenvalue weighted by molar-refractivity contribution is 5.75. The van der Waals surface area contributed by atoms with Gasteiger partial charge in [-0.2, -0.15) is 5.10 Å². The molecular weight excluding hydrogens is 301 g/mol. The maximum absolute atomic E-state index is 12.8. The Balaban J connectivity index is 1.68. The van der Waals surface area contributed by atoms with Gasteiger partial charge in [-0.1, -0.05) is 0 Å². The van der Waals surface area contributed by atoms with Crippen molar-refractivity contribution in [1.29, 1.82) is 0 Å². The molecule has 1 unspecified atom stereocenters. The Morgan fingerprint density at radius 2 is 2.04 bits per heavy atom. The van der Waals surface area contributed by atoms with Gasteiger partial charge in [0.25, 0.3) is 5.56 Å². The van der Waals surface area contributed by atoms with Gasteiger partial charge in [0.2, 0.25) is 0 Å². The van der Waals surface area contributed by atoms with Crippen LogP contribution in [0.5, 0.6) is 5.75 Å². The fourth-order valence-electron chi connectivity index (χ4n) is 2.12. The highest BCUT2D eigenvalue weighted by atomic mass is 19.1. The molecule has 0 saturated heterocycles. The van der Waals surface area contributed by atoms with Crippen LogP contribution in [0.25, 0.3) is 10.9 Å². The highest BCUT2D eigenvalue weighted by Crippen LogP contribution is 2.11. The second-order valence-corrected chi connectivity index (χ2v) is 4.99. The molecule has 3 aromatic rings. The second kappa shape index (κ2) is 6.53. The van der Waals surface area contributed by atoms with Crippen molar-refractivity contribution in [2.24, 2.45) is 0 Å². The number of hydrogen-bond donors (Lipinski definition) is 1. The summed E-state index contributed by atoms with van der Waals surface area (Å²) in [6.45, 7) is -0.0459. The Morgan fingerprint density at radius 1 is 1.26 bits per heavy atom. The Bertz CT molecular complexity index is 864. The minimum atomic E-state index is -0.931. The first kappa shape index (κ1) is 15.1. The molecule has 0 aliphatic heterocycles. The number of nitrogens with zero attached hydrogens (tertiary/aromatic N) is 3. The van der Waals surface area contributed by atoms with Gasteiger partial charge in [-0.05, 0) is 36.4 Å². The lowest BCUT2D eigenvalue weighted by Crippen LogP contribution is -2.31. The summed E-state index contributed by atoms with van der Waals surface area (Å²) < 4.78 is 19.3. The third-order valence-corrected chi connectivity index (χ3v) is 3.26. The number of ether oxygens (including phenoxy) is 1. The number of benzene rings is 1. The number of aromatic nitrogens is 3. The molecule has 0 amide bonds. The summed E-state index contributed by atoms with van der Waals surface area (Å²) in [6.07, 6.45) is 2.13. The smallest absolute Gasteiger partial charge is 0.276 e. The fraction of sp³-hybridized carbons (Fsp3) is 0.188. The maximum Gasteiger partial charge on any atom is 0.276 e. The van der Waals surface area contributed by atoms with E-state index < -0.39 is 6.10 Å². The summed E-state index contributed by atoms with van der Waals surface area (Å²) >= 11 is 0. The van der Waals surface area contributed by atoms with Crippen molar-refractivity contribution in [3.8, 4) is 5.75 Å². The molecule has 2 heterocycles. The van der Waals surface area contributed by atoms with Crippen LogP contribution in [0.15, 0.2) is 53.6 Å². The number of aliphatic hydroxyl groups is 1. The Hall–Kier alpha value is -2.80. The molecule has 6 nitrogen and oxygen atoms in total. The molecule has 1 aromatic carbocycles. The van der Waals surface area contributed by atoms with Crippen molar-refractivity contribution in [3.63, 3.8) is 0 Å². The number of aliphatic hydroxyl groups excluding tert-OH is 1. The monoisotopic (exact) mass is 315 g/mol. The lowest BCUT2D eigenvalue weighted by molar-refractivity contribution is 0.0881. The summed E-state index contributed by atoms with van der Waals surface area (Å²) in [5, 5.41) is 14.4. The molecule has 23 heavy (non-hydrogen) atoms. The van der Waals surface area contributed by atoms with Crippen LogP contribution in [0.3, 0.4) is 0 Å². The third-order valence-electron chi connectivity index (χ3n) is 3.26. The molecule has 0 radical (unpaired) electrons. The van der Waals surface area contributed by atoms with Crippen LogP contribution < -0.4 is 10.3 Å². The van der Waals surface area contributed by atoms with Crippen molar-refractivity contribution in [2.45, 2.75) is 12.6 Å². The van der Waals surface area contributed by atoms with E-state index in [1.165, 1.54) is 35.1 Å². The van der Waals surface area contributed by atoms with Crippen molar-refractivity contribution >= 4 is 10.9 Å². The average Bonchev–Trinajstić information content (AvgIpc) is 2.57. The fourth-order valence-corrected chi connectivity index (χ4v) is 2.12. The van der Waals surface area contributed by atoms with Gasteiger partial charge in [-0.15, -0.1) is 0 Å². The van der Waals surface area contributed by atoms with Gasteiger partial charge in [0.1, 0.15) is 24.3 Å². The van der Waals surface area contributed by atoms with Crippen molar-refractivity contribution in [1.82, 2.24) is 14.8 Å². The zero-order valence-corrected chi connectivity index (χ0v) is 12.1. The SMILES string of the molecule is O=c1c2cccnc2cnn1CC(O)COc1ccc(F)cc1. The molecule has 0 aliphatic rings. The van der Waals surface area contributed by atoms with Crippen molar-refractivity contribution in [2.75, 3.05) is 6.61 Å². The molecule has 2 aromatic heterocycles. The van der Waals surface area contributed by atoms with E-state index >= 15 is 0 Å². The number of fused-ring (bicyclic) bond motifs is 1. The molecule has 7 heteroatoms. The van der Waals surface area contributed by atoms with Crippen LogP contribution in [0, 0.1) is 5.82 Å². The predicted octanol–water partition coefficient (Wildman–Crippen LogP) is 1.37. The van der Waals surface area contributed by atoms with Gasteiger partial charge in [0.05, 0.1) is 23.6 Å². The first-order chi connectivity index (χ1) is 11.1. The minimum absolute atomic E-state index is 0.00907. The molecule has 0 spiro atoms. The summed E-state index contributed by atoms with van der Waals surface area (Å²) in [5.74, 6) is 0.0758. The molecule has 1 atom stereocenters. The van der Waals surface area contributed by atoms with Crippen molar-refractivity contribution in [3.05, 3.63) is 65.0 Å². The van der Waals surface area contributed by atoms with Crippen LogP contribution in [0.1, 0.15) is 0 Å². The van der Waals surface area contributed by atoms with Crippen molar-refractivity contribution < 1.29 is 14.2 Å². The lowest BCUT2D eigenvalue weighted by atomic mass is 10.3. The van der Waals surface area contributed by atoms with Crippen LogP contribution in [0.2, 0.25) is 0 Å². The zero-order chi connectivity index (χ0) is 16.2. The maximum atomic E-state index is 12.8. The number of hydrogen-bond acceptors (Lipinski definition) is 5. The van der Waals surface area contributed by atoms with Gasteiger partial charge in [0, 0.05) is 6.20 Å². The van der Waals surface area contributed by atoms with Gasteiger partial charge in [0.15, 0.2) is 0 Å². The Labute approximate surface area is 130 Å². The summed E-state index contributed by atoms with van der Waals surface area (Å²) in [7, 11) is 0. The summed E-state index contributed by atoms with van der Waals surface area (Å²) in [4.78, 5) is 16.3. The number of rotatable bonds is 5. The second-order valence-electron chi connectivity index (χ2n) is 4.99. The Morgan fingerprint density at radius 3 is 2.83 bits per heavy atom. The van der Waals surface area contributed by atoms with Crippen LogP contribution >= 0.6 is 0 Å². The molecule has 118 valence electrons. The molecule has 0 saturated carbocycles. The van der Waals surface area contributed by atoms with E-state index in [2.05, 4.69) is 10.1 Å². The van der Waals surface area contributed by atoms with E-state index in [9.17, 15) is 14.3 Å². The van der Waals surface area contributed by atoms with E-state index in [4.69, 9.17) is 4.74 Å². The van der Waals surface area contributed by atoms with E-state index in [0.717, 1.165) is 0 Å². The predicted molar refractivity (Wildman–Crippen MR) is 81.7 cm³/mol. The van der Waals surface area contributed by atoms with Gasteiger partial charge >= 0.3 is 0 Å². The van der Waals surface area contributed by atoms with Crippen LogP contribution in [-0.2, 0) is 6.54 Å². The minimum Gasteiger partial charge on any atom is -0.491 e. The quantitative estimate of drug-likeness (QED) is 0.769. The molecule has 1 N–H and O–H groups in total. The molecule has 0 bridgehead atoms. The normalized spacial score (nSPS) is 12.3. The largest absolute Gasteiger partial charge is 0.491 e. The van der Waals surface area contributed by atoms with E-state index in [1.807, 2.05) is 0 Å². The van der Waals surface area contributed by atoms with Gasteiger partial charge in [-0.25, -0.2) is 9.07 Å². The summed E-state index contributed by atoms with van der Waals surface area (Å²) in [6, 6.07) is 8.79. The lowest BCUT2D eigenvalue weighted by Gasteiger charge is -2.13. The summed E-state index contributed by atoms with van der Waals surface area (Å²) in [5.41, 5.74) is 0.183. The topological polar surface area (TPSA) is 77.2 Å². The zero-order valence-electron chi connectivity index (χ0n) is 12.1. The van der Waals surface area contributed by atoms with E-state index in [1.54, 1.807) is 18.3 Å². The number of pyridine rings is 1. The first-order valence-corrected chi connectivity index (χ1v) is 7.01. The van der Waals surface area contributed by atoms with Crippen LogP contribution in [-0.4, -0.2) is 32.6 Å². The highest BCUT2D eigenvalue weighted by Gasteiger charge is 2.11. The Kier molecular flexibility index (Phi) is 4.29. The average molecular weight is 315 g/mol. The number of halogens is 1. The van der Waals surface area contributed by atoms with Gasteiger partial charge in [-0.3, -0.25) is 9.78 Å². The molecule has 3 rings (SSSR count). The molecule has 0 aliphatic carbocycles. The molecule has 0 fully saturated rings. The van der Waals surface area contributed by atoms with E-state index in [0.29, 0.717) is 16.7 Å². The standard InChI is InChI=1S/C16H14FN3O3/c17-11-3-5-13(6-4-11)23-10-12(21)9-20-16(22)14-2-1-7-18-15(14)8-19-20/h1-8,12,21H,9-10H2. The van der Waals surface area contributed by atoms with Crippen LogP contribution in [0.4, 0.5) is 4.39 Å². The molecular formula is C16H14FN3O3. The van der Waals surface area contributed by atoms with E-state index in [-0.39, 0.29) is 24.5 Å². The van der Waals surface area contributed by atoms with Gasteiger partial charge < -0.3 is 9.84 Å². The third kappa shape index (κ3) is 3.51. The first-order valence-electron chi connectivity index (χ1n) is 7.01.